The molecule has 2 aliphatic rings. The lowest BCUT2D eigenvalue weighted by molar-refractivity contribution is 0.00957. The van der Waals surface area contributed by atoms with Crippen LogP contribution in [0.3, 0.4) is 0 Å². The van der Waals surface area contributed by atoms with Crippen molar-refractivity contribution in [3.05, 3.63) is 53.2 Å². The van der Waals surface area contributed by atoms with E-state index in [1.54, 1.807) is 20.0 Å². The summed E-state index contributed by atoms with van der Waals surface area (Å²) in [6, 6.07) is 7.75. The molecule has 0 aliphatic carbocycles. The first-order valence-corrected chi connectivity index (χ1v) is 11.0. The zero-order chi connectivity index (χ0) is 23.4. The molecule has 3 unspecified atom stereocenters. The first-order valence-electron chi connectivity index (χ1n) is 9.89. The molecule has 0 radical (unpaired) electrons. The van der Waals surface area contributed by atoms with Gasteiger partial charge in [0.1, 0.15) is 23.7 Å². The second kappa shape index (κ2) is 7.78. The number of nitrogens with two attached hydrogens (primary N) is 1. The Hall–Kier alpha value is -3.57. The van der Waals surface area contributed by atoms with E-state index in [1.807, 2.05) is 0 Å². The number of benzene rings is 1. The topological polar surface area (TPSA) is 146 Å². The van der Waals surface area contributed by atoms with Gasteiger partial charge in [0, 0.05) is 29.9 Å². The summed E-state index contributed by atoms with van der Waals surface area (Å²) in [5.74, 6) is -0.146. The Bertz CT molecular complexity index is 1340. The number of aliphatic hydroxyl groups is 1. The van der Waals surface area contributed by atoms with Crippen LogP contribution in [0.5, 0.6) is 5.75 Å². The number of nitrogen functional groups attached to an aromatic ring is 1. The smallest absolute Gasteiger partial charge is 0.214 e. The quantitative estimate of drug-likeness (QED) is 0.444. The van der Waals surface area contributed by atoms with Crippen LogP contribution in [0.4, 0.5) is 15.9 Å². The fourth-order valence-corrected chi connectivity index (χ4v) is 5.10. The molecule has 1 saturated heterocycles. The molecule has 5 rings (SSSR count). The molecule has 1 fully saturated rings. The molecule has 13 heteroatoms. The van der Waals surface area contributed by atoms with Gasteiger partial charge in [0.25, 0.3) is 0 Å². The summed E-state index contributed by atoms with van der Waals surface area (Å²) in [7, 11) is 1.63. The van der Waals surface area contributed by atoms with Crippen molar-refractivity contribution in [2.75, 3.05) is 10.1 Å². The van der Waals surface area contributed by atoms with E-state index in [-0.39, 0.29) is 23.8 Å². The Morgan fingerprint density at radius 2 is 2.21 bits per heavy atom. The van der Waals surface area contributed by atoms with Crippen LogP contribution < -0.4 is 19.6 Å². The van der Waals surface area contributed by atoms with Gasteiger partial charge < -0.3 is 15.6 Å². The maximum absolute atomic E-state index is 14.2. The van der Waals surface area contributed by atoms with Crippen LogP contribution in [0.2, 0.25) is 0 Å². The minimum Gasteiger partial charge on any atom is -0.482 e. The van der Waals surface area contributed by atoms with Crippen molar-refractivity contribution in [1.82, 2.24) is 24.5 Å². The molecule has 2 bridgehead atoms. The summed E-state index contributed by atoms with van der Waals surface area (Å²) >= 11 is -1.88. The molecule has 170 valence electrons. The Balaban J connectivity index is 1.79. The van der Waals surface area contributed by atoms with Crippen LogP contribution in [0.15, 0.2) is 30.5 Å². The molecule has 0 amide bonds. The molecule has 4 N–H and O–H groups in total. The first-order chi connectivity index (χ1) is 15.8. The van der Waals surface area contributed by atoms with E-state index in [4.69, 9.17) is 10.5 Å². The lowest BCUT2D eigenvalue weighted by Crippen LogP contribution is -2.42. The van der Waals surface area contributed by atoms with Gasteiger partial charge in [0.15, 0.2) is 17.9 Å². The van der Waals surface area contributed by atoms with Gasteiger partial charge in [0.2, 0.25) is 11.2 Å². The molecule has 0 saturated carbocycles. The van der Waals surface area contributed by atoms with Crippen molar-refractivity contribution in [3.8, 4) is 22.9 Å². The zero-order valence-electron chi connectivity index (χ0n) is 17.6. The Morgan fingerprint density at radius 3 is 2.97 bits per heavy atom. The predicted molar refractivity (Wildman–Crippen MR) is 116 cm³/mol. The van der Waals surface area contributed by atoms with E-state index in [0.717, 1.165) is 0 Å². The molecular weight excluding hydrogens is 451 g/mol. The van der Waals surface area contributed by atoms with E-state index in [2.05, 4.69) is 20.9 Å². The van der Waals surface area contributed by atoms with Crippen molar-refractivity contribution in [3.63, 3.8) is 0 Å². The van der Waals surface area contributed by atoms with Gasteiger partial charge in [-0.05, 0) is 31.2 Å². The summed E-state index contributed by atoms with van der Waals surface area (Å²) in [6.07, 6.45) is -0.555. The van der Waals surface area contributed by atoms with Crippen LogP contribution in [0.25, 0.3) is 11.1 Å². The highest BCUT2D eigenvalue weighted by molar-refractivity contribution is 7.84. The average Bonchev–Trinajstić information content (AvgIpc) is 3.23. The molecule has 4 heterocycles. The third kappa shape index (κ3) is 3.40. The summed E-state index contributed by atoms with van der Waals surface area (Å²) < 4.78 is 38.5. The molecule has 2 aromatic heterocycles. The lowest BCUT2D eigenvalue weighted by atomic mass is 10.0. The molecule has 3 aromatic rings. The molecule has 3 atom stereocenters. The largest absolute Gasteiger partial charge is 0.482 e. The van der Waals surface area contributed by atoms with Gasteiger partial charge in [-0.3, -0.25) is 4.68 Å². The van der Waals surface area contributed by atoms with Crippen molar-refractivity contribution in [1.29, 1.82) is 5.26 Å². The number of anilines is 2. The van der Waals surface area contributed by atoms with Gasteiger partial charge in [-0.15, -0.1) is 0 Å². The van der Waals surface area contributed by atoms with Crippen molar-refractivity contribution in [2.24, 2.45) is 7.05 Å². The maximum atomic E-state index is 14.2. The van der Waals surface area contributed by atoms with E-state index < -0.39 is 29.4 Å². The number of aromatic nitrogens is 3. The summed E-state index contributed by atoms with van der Waals surface area (Å²) in [4.78, 5) is 4.21. The fourth-order valence-electron chi connectivity index (χ4n) is 4.01. The normalized spacial score (nSPS) is 22.3. The molecule has 0 spiro atoms. The van der Waals surface area contributed by atoms with Gasteiger partial charge in [-0.1, -0.05) is 0 Å². The van der Waals surface area contributed by atoms with Crippen molar-refractivity contribution >= 4 is 22.7 Å². The van der Waals surface area contributed by atoms with Gasteiger partial charge >= 0.3 is 0 Å². The maximum Gasteiger partial charge on any atom is 0.214 e. The summed E-state index contributed by atoms with van der Waals surface area (Å²) in [5.41, 5.74) is 8.48. The molecule has 33 heavy (non-hydrogen) atoms. The van der Waals surface area contributed by atoms with Crippen molar-refractivity contribution in [2.45, 2.75) is 25.9 Å². The van der Waals surface area contributed by atoms with E-state index in [1.165, 1.54) is 38.5 Å². The van der Waals surface area contributed by atoms with Crippen LogP contribution in [0.1, 0.15) is 30.0 Å². The van der Waals surface area contributed by atoms with Gasteiger partial charge in [-0.25, -0.2) is 18.0 Å². The monoisotopic (exact) mass is 470 g/mol. The second-order valence-corrected chi connectivity index (χ2v) is 8.67. The number of aryl methyl sites for hydroxylation is 1. The SMILES string of the molecule is CC1Oc2cc(cnc2N)-c2c(nn(C)c2C#N)CN2C(O)NS(=O)N2c2ccc(F)cc21. The minimum absolute atomic E-state index is 0.0173. The number of ether oxygens (including phenoxy) is 1. The van der Waals surface area contributed by atoms with Crippen LogP contribution in [-0.2, 0) is 24.8 Å². The molecular formula is C20H19FN8O3S. The third-order valence-electron chi connectivity index (χ3n) is 5.52. The number of hydrazine groups is 1. The Morgan fingerprint density at radius 1 is 1.42 bits per heavy atom. The molecule has 2 aliphatic heterocycles. The van der Waals surface area contributed by atoms with Crippen LogP contribution in [0, 0.1) is 17.1 Å². The van der Waals surface area contributed by atoms with Crippen molar-refractivity contribution < 1.29 is 18.4 Å². The standard InChI is InChI=1S/C20H19FN8O3S/c1-10-13-6-12(21)3-4-15(13)29-28(20(30)26-33(29)31)9-14-18(16(7-22)27(2)25-14)11-5-17(32-10)19(23)24-8-11/h3-6,8,10,20,26,30H,9H2,1-2H3,(H2,23,24). The number of hydrogen-bond donors (Lipinski definition) is 3. The number of nitriles is 1. The van der Waals surface area contributed by atoms with Crippen LogP contribution in [-0.4, -0.2) is 35.4 Å². The number of pyridine rings is 1. The lowest BCUT2D eigenvalue weighted by Gasteiger charge is -2.31. The summed E-state index contributed by atoms with van der Waals surface area (Å²) in [6.45, 7) is 1.68. The van der Waals surface area contributed by atoms with E-state index >= 15 is 0 Å². The number of aliphatic hydroxyl groups excluding tert-OH is 1. The predicted octanol–water partition coefficient (Wildman–Crippen LogP) is 1.21. The highest BCUT2D eigenvalue weighted by Crippen LogP contribution is 2.39. The Kier molecular flexibility index (Phi) is 5.02. The minimum atomic E-state index is -1.88. The number of nitrogens with zero attached hydrogens (tertiary/aromatic N) is 6. The summed E-state index contributed by atoms with van der Waals surface area (Å²) in [5, 5.41) is 26.2. The zero-order valence-corrected chi connectivity index (χ0v) is 18.4. The Labute approximate surface area is 190 Å². The molecule has 1 aromatic carbocycles. The number of fused-ring (bicyclic) bond motifs is 7. The second-order valence-electron chi connectivity index (χ2n) is 7.59. The van der Waals surface area contributed by atoms with E-state index in [9.17, 15) is 19.0 Å². The number of rotatable bonds is 0. The highest BCUT2D eigenvalue weighted by atomic mass is 32.2. The van der Waals surface area contributed by atoms with Gasteiger partial charge in [0.05, 0.1) is 17.9 Å². The highest BCUT2D eigenvalue weighted by Gasteiger charge is 2.40. The number of nitrogens with one attached hydrogen (secondary N) is 1. The van der Waals surface area contributed by atoms with E-state index in [0.29, 0.717) is 28.1 Å². The average molecular weight is 470 g/mol. The van der Waals surface area contributed by atoms with Crippen LogP contribution >= 0.6 is 0 Å². The molecule has 11 nitrogen and oxygen atoms in total. The number of halogens is 1. The fraction of sp³-hybridized carbons (Fsp3) is 0.250. The third-order valence-corrected chi connectivity index (χ3v) is 6.66. The number of hydrogen-bond acceptors (Lipinski definition) is 8. The first kappa shape index (κ1) is 21.3. The van der Waals surface area contributed by atoms with Gasteiger partial charge in [-0.2, -0.15) is 20.1 Å².